The Hall–Kier alpha value is -3.44. The predicted molar refractivity (Wildman–Crippen MR) is 118 cm³/mol. The van der Waals surface area contributed by atoms with E-state index in [1.807, 2.05) is 6.92 Å². The van der Waals surface area contributed by atoms with Gasteiger partial charge in [0.1, 0.15) is 17.6 Å². The van der Waals surface area contributed by atoms with Crippen LogP contribution in [0.1, 0.15) is 34.4 Å². The number of benzene rings is 1. The minimum Gasteiger partial charge on any atom is -0.497 e. The number of nitrogens with zero attached hydrogens (tertiary/aromatic N) is 2. The van der Waals surface area contributed by atoms with Gasteiger partial charge in [0.25, 0.3) is 0 Å². The molecular weight excluding hydrogens is 450 g/mol. The van der Waals surface area contributed by atoms with Crippen molar-refractivity contribution >= 4 is 21.8 Å². The monoisotopic (exact) mass is 475 g/mol. The summed E-state index contributed by atoms with van der Waals surface area (Å²) < 4.78 is 44.2. The largest absolute Gasteiger partial charge is 0.497 e. The minimum atomic E-state index is -3.97. The van der Waals surface area contributed by atoms with Crippen molar-refractivity contribution in [1.82, 2.24) is 14.4 Å². The number of methoxy groups -OCH3 is 1. The van der Waals surface area contributed by atoms with Gasteiger partial charge in [0.15, 0.2) is 12.4 Å². The van der Waals surface area contributed by atoms with Crippen molar-refractivity contribution in [3.05, 3.63) is 59.1 Å². The van der Waals surface area contributed by atoms with Gasteiger partial charge in [-0.15, -0.1) is 0 Å². The highest BCUT2D eigenvalue weighted by Crippen LogP contribution is 2.21. The molecule has 1 aromatic carbocycles. The third kappa shape index (κ3) is 5.32. The van der Waals surface area contributed by atoms with E-state index in [4.69, 9.17) is 14.0 Å². The number of ketones is 1. The van der Waals surface area contributed by atoms with E-state index in [0.717, 1.165) is 5.69 Å². The standard InChI is InChI=1S/C22H25N3O7S/c1-13-10-19(16(4)25(13)21-11-14(2)32-23-21)20(26)12-31-22(27)15(3)24-33(28,29)18-8-6-17(30-5)7-9-18/h6-11,15,24H,12H2,1-5H3. The van der Waals surface area contributed by atoms with Gasteiger partial charge in [0, 0.05) is 23.0 Å². The number of nitrogens with one attached hydrogen (secondary N) is 1. The molecule has 3 aromatic rings. The molecule has 33 heavy (non-hydrogen) atoms. The van der Waals surface area contributed by atoms with E-state index >= 15 is 0 Å². The quantitative estimate of drug-likeness (QED) is 0.369. The van der Waals surface area contributed by atoms with Gasteiger partial charge >= 0.3 is 5.97 Å². The smallest absolute Gasteiger partial charge is 0.324 e. The van der Waals surface area contributed by atoms with Crippen LogP contribution >= 0.6 is 0 Å². The van der Waals surface area contributed by atoms with Crippen LogP contribution in [0, 0.1) is 20.8 Å². The molecule has 1 N–H and O–H groups in total. The second-order valence-electron chi connectivity index (χ2n) is 7.47. The molecule has 0 radical (unpaired) electrons. The van der Waals surface area contributed by atoms with Crippen molar-refractivity contribution in [2.75, 3.05) is 13.7 Å². The summed E-state index contributed by atoms with van der Waals surface area (Å²) >= 11 is 0. The average molecular weight is 476 g/mol. The van der Waals surface area contributed by atoms with Gasteiger partial charge in [-0.05, 0) is 58.0 Å². The second-order valence-corrected chi connectivity index (χ2v) is 9.18. The summed E-state index contributed by atoms with van der Waals surface area (Å²) in [5, 5.41) is 3.97. The maximum absolute atomic E-state index is 12.7. The van der Waals surface area contributed by atoms with Gasteiger partial charge in [-0.2, -0.15) is 4.72 Å². The number of aryl methyl sites for hydroxylation is 2. The van der Waals surface area contributed by atoms with Gasteiger partial charge in [-0.3, -0.25) is 14.2 Å². The molecule has 11 heteroatoms. The fraction of sp³-hybridized carbons (Fsp3) is 0.318. The molecule has 0 aliphatic rings. The highest BCUT2D eigenvalue weighted by Gasteiger charge is 2.25. The van der Waals surface area contributed by atoms with Gasteiger partial charge in [-0.25, -0.2) is 8.42 Å². The zero-order valence-electron chi connectivity index (χ0n) is 18.9. The van der Waals surface area contributed by atoms with E-state index in [1.165, 1.54) is 38.3 Å². The molecule has 0 fully saturated rings. The highest BCUT2D eigenvalue weighted by atomic mass is 32.2. The molecule has 0 aliphatic heterocycles. The van der Waals surface area contributed by atoms with Crippen LogP contribution in [0.5, 0.6) is 5.75 Å². The Morgan fingerprint density at radius 1 is 1.15 bits per heavy atom. The molecule has 176 valence electrons. The molecule has 0 saturated carbocycles. The number of rotatable bonds is 9. The third-order valence-electron chi connectivity index (χ3n) is 4.98. The van der Waals surface area contributed by atoms with Gasteiger partial charge in [-0.1, -0.05) is 5.16 Å². The summed E-state index contributed by atoms with van der Waals surface area (Å²) in [6, 6.07) is 7.91. The lowest BCUT2D eigenvalue weighted by atomic mass is 10.1. The van der Waals surface area contributed by atoms with Crippen LogP contribution in [0.4, 0.5) is 0 Å². The molecule has 2 aromatic heterocycles. The SMILES string of the molecule is COc1ccc(S(=O)(=O)NC(C)C(=O)OCC(=O)c2cc(C)n(-c3cc(C)on3)c2C)cc1. The van der Waals surface area contributed by atoms with E-state index in [2.05, 4.69) is 9.88 Å². The van der Waals surface area contributed by atoms with Crippen molar-refractivity contribution in [1.29, 1.82) is 0 Å². The molecule has 0 saturated heterocycles. The van der Waals surface area contributed by atoms with Crippen LogP contribution in [0.15, 0.2) is 45.8 Å². The Morgan fingerprint density at radius 3 is 2.39 bits per heavy atom. The predicted octanol–water partition coefficient (Wildman–Crippen LogP) is 2.49. The Balaban J connectivity index is 1.64. The number of Topliss-reactive ketones (excluding diaryl/α,β-unsaturated/α-hetero) is 1. The Labute approximate surface area is 191 Å². The fourth-order valence-electron chi connectivity index (χ4n) is 3.30. The summed E-state index contributed by atoms with van der Waals surface area (Å²) in [5.41, 5.74) is 1.75. The first-order valence-corrected chi connectivity index (χ1v) is 11.5. The number of esters is 1. The number of carbonyl (C=O) groups excluding carboxylic acids is 2. The van der Waals surface area contributed by atoms with Crippen LogP contribution in [-0.4, -0.2) is 49.7 Å². The Kier molecular flexibility index (Phi) is 7.04. The lowest BCUT2D eigenvalue weighted by Crippen LogP contribution is -2.40. The number of ether oxygens (including phenoxy) is 2. The van der Waals surface area contributed by atoms with Crippen LogP contribution < -0.4 is 9.46 Å². The summed E-state index contributed by atoms with van der Waals surface area (Å²) in [5.74, 6) is 0.373. The summed E-state index contributed by atoms with van der Waals surface area (Å²) in [6.07, 6.45) is 0. The first-order chi connectivity index (χ1) is 15.5. The lowest BCUT2D eigenvalue weighted by Gasteiger charge is -2.14. The van der Waals surface area contributed by atoms with Crippen LogP contribution in [0.25, 0.3) is 5.82 Å². The average Bonchev–Trinajstić information content (AvgIpc) is 3.33. The zero-order chi connectivity index (χ0) is 24.3. The van der Waals surface area contributed by atoms with E-state index in [1.54, 1.807) is 30.5 Å². The van der Waals surface area contributed by atoms with E-state index < -0.39 is 34.4 Å². The normalized spacial score (nSPS) is 12.4. The van der Waals surface area contributed by atoms with Gasteiger partial charge < -0.3 is 14.0 Å². The van der Waals surface area contributed by atoms with Crippen molar-refractivity contribution in [2.24, 2.45) is 0 Å². The maximum atomic E-state index is 12.7. The van der Waals surface area contributed by atoms with Gasteiger partial charge in [0.2, 0.25) is 15.8 Å². The van der Waals surface area contributed by atoms with Crippen molar-refractivity contribution in [3.63, 3.8) is 0 Å². The number of hydrogen-bond acceptors (Lipinski definition) is 8. The second kappa shape index (κ2) is 9.59. The topological polar surface area (TPSA) is 130 Å². The molecule has 0 amide bonds. The molecular formula is C22H25N3O7S. The molecule has 0 spiro atoms. The number of hydrogen-bond donors (Lipinski definition) is 1. The Bertz CT molecular complexity index is 1270. The summed E-state index contributed by atoms with van der Waals surface area (Å²) in [6.45, 7) is 6.13. The number of carbonyl (C=O) groups is 2. The number of aromatic nitrogens is 2. The van der Waals surface area contributed by atoms with E-state index in [9.17, 15) is 18.0 Å². The molecule has 2 heterocycles. The lowest BCUT2D eigenvalue weighted by molar-refractivity contribution is -0.144. The molecule has 0 aliphatic carbocycles. The van der Waals surface area contributed by atoms with Crippen molar-refractivity contribution in [3.8, 4) is 11.6 Å². The first kappa shape index (κ1) is 24.2. The third-order valence-corrected chi connectivity index (χ3v) is 6.53. The van der Waals surface area contributed by atoms with Gasteiger partial charge in [0.05, 0.1) is 12.0 Å². The first-order valence-electron chi connectivity index (χ1n) is 10.0. The van der Waals surface area contributed by atoms with Crippen LogP contribution in [0.2, 0.25) is 0 Å². The molecule has 0 bridgehead atoms. The van der Waals surface area contributed by atoms with E-state index in [0.29, 0.717) is 28.6 Å². The van der Waals surface area contributed by atoms with Crippen LogP contribution in [-0.2, 0) is 19.6 Å². The van der Waals surface area contributed by atoms with Crippen molar-refractivity contribution in [2.45, 2.75) is 38.6 Å². The summed E-state index contributed by atoms with van der Waals surface area (Å²) in [7, 11) is -2.50. The van der Waals surface area contributed by atoms with E-state index in [-0.39, 0.29) is 4.90 Å². The minimum absolute atomic E-state index is 0.0328. The maximum Gasteiger partial charge on any atom is 0.324 e. The van der Waals surface area contributed by atoms with Crippen LogP contribution in [0.3, 0.4) is 0 Å². The molecule has 10 nitrogen and oxygen atoms in total. The highest BCUT2D eigenvalue weighted by molar-refractivity contribution is 7.89. The molecule has 1 unspecified atom stereocenters. The van der Waals surface area contributed by atoms with Crippen molar-refractivity contribution < 1.29 is 32.0 Å². The Morgan fingerprint density at radius 2 is 1.82 bits per heavy atom. The number of sulfonamides is 1. The zero-order valence-corrected chi connectivity index (χ0v) is 19.7. The summed E-state index contributed by atoms with van der Waals surface area (Å²) in [4.78, 5) is 25.0. The fourth-order valence-corrected chi connectivity index (χ4v) is 4.49. The molecule has 1 atom stereocenters. The molecule has 3 rings (SSSR count).